The summed E-state index contributed by atoms with van der Waals surface area (Å²) in [7, 11) is 0. The largest absolute Gasteiger partial charge is 0.398 e. The Morgan fingerprint density at radius 2 is 2.16 bits per heavy atom. The van der Waals surface area contributed by atoms with Gasteiger partial charge in [0.1, 0.15) is 10.7 Å². The van der Waals surface area contributed by atoms with E-state index in [1.54, 1.807) is 12.1 Å². The van der Waals surface area contributed by atoms with Crippen LogP contribution in [0.15, 0.2) is 35.4 Å². The molecule has 25 heavy (non-hydrogen) atoms. The number of allylic oxidation sites excluding steroid dienone is 2. The molecule has 1 aromatic heterocycles. The van der Waals surface area contributed by atoms with E-state index < -0.39 is 0 Å². The van der Waals surface area contributed by atoms with Crippen molar-refractivity contribution in [3.8, 4) is 10.6 Å². The maximum atomic E-state index is 13.0. The van der Waals surface area contributed by atoms with Crippen LogP contribution >= 0.6 is 22.9 Å². The van der Waals surface area contributed by atoms with E-state index in [4.69, 9.17) is 17.3 Å². The third kappa shape index (κ3) is 3.18. The van der Waals surface area contributed by atoms with Crippen molar-refractivity contribution in [2.75, 3.05) is 12.3 Å². The number of halogens is 1. The molecule has 2 heterocycles. The van der Waals surface area contributed by atoms with E-state index in [0.717, 1.165) is 30.0 Å². The van der Waals surface area contributed by atoms with E-state index in [9.17, 15) is 4.79 Å². The molecule has 1 unspecified atom stereocenters. The highest BCUT2D eigenvalue weighted by molar-refractivity contribution is 7.13. The maximum Gasteiger partial charge on any atom is 0.277 e. The molecule has 1 fully saturated rings. The normalized spacial score (nSPS) is 20.1. The molecule has 2 aliphatic rings. The number of nitrogens with zero attached hydrogens (tertiary/aromatic N) is 2. The van der Waals surface area contributed by atoms with Gasteiger partial charge < -0.3 is 10.6 Å². The lowest BCUT2D eigenvalue weighted by Gasteiger charge is -2.37. The van der Waals surface area contributed by atoms with Crippen LogP contribution in [0.4, 0.5) is 5.69 Å². The number of amides is 1. The standard InChI is InChI=1S/C19H20ClN3OS/c20-14-8-7-13(10-15(14)21)18-22-16(11-25-18)19(24)23-9-3-5-12-4-1-2-6-17(12)23/h6-8,10-12H,1-5,9,21H2. The molecule has 4 nitrogen and oxygen atoms in total. The highest BCUT2D eigenvalue weighted by Crippen LogP contribution is 2.36. The third-order valence-corrected chi connectivity index (χ3v) is 6.22. The van der Waals surface area contributed by atoms with Gasteiger partial charge in [0.15, 0.2) is 0 Å². The molecular weight excluding hydrogens is 354 g/mol. The number of nitrogen functional groups attached to an aromatic ring is 1. The summed E-state index contributed by atoms with van der Waals surface area (Å²) in [6, 6.07) is 5.44. The van der Waals surface area contributed by atoms with Gasteiger partial charge in [0.25, 0.3) is 5.91 Å². The Kier molecular flexibility index (Phi) is 4.52. The van der Waals surface area contributed by atoms with Crippen molar-refractivity contribution in [2.24, 2.45) is 5.92 Å². The lowest BCUT2D eigenvalue weighted by molar-refractivity contribution is 0.0744. The van der Waals surface area contributed by atoms with Crippen LogP contribution in [-0.4, -0.2) is 22.3 Å². The van der Waals surface area contributed by atoms with Crippen molar-refractivity contribution in [3.05, 3.63) is 46.1 Å². The zero-order valence-corrected chi connectivity index (χ0v) is 15.4. The van der Waals surface area contributed by atoms with Gasteiger partial charge in [0, 0.05) is 23.2 Å². The first-order chi connectivity index (χ1) is 12.1. The molecule has 1 aromatic carbocycles. The maximum absolute atomic E-state index is 13.0. The highest BCUT2D eigenvalue weighted by atomic mass is 35.5. The second-order valence-electron chi connectivity index (χ2n) is 6.63. The fraction of sp³-hybridized carbons (Fsp3) is 0.368. The number of rotatable bonds is 2. The van der Waals surface area contributed by atoms with Crippen LogP contribution in [-0.2, 0) is 0 Å². The molecule has 4 rings (SSSR count). The summed E-state index contributed by atoms with van der Waals surface area (Å²) in [5.74, 6) is 0.558. The predicted molar refractivity (Wildman–Crippen MR) is 103 cm³/mol. The molecular formula is C19H20ClN3OS. The molecule has 0 bridgehead atoms. The van der Waals surface area contributed by atoms with E-state index in [2.05, 4.69) is 11.1 Å². The van der Waals surface area contributed by atoms with Crippen LogP contribution < -0.4 is 5.73 Å². The number of benzene rings is 1. The lowest BCUT2D eigenvalue weighted by Crippen LogP contribution is -2.39. The topological polar surface area (TPSA) is 59.2 Å². The number of likely N-dealkylation sites (tertiary alicyclic amines) is 1. The Labute approximate surface area is 156 Å². The van der Waals surface area contributed by atoms with Gasteiger partial charge in [0.05, 0.1) is 10.7 Å². The Balaban J connectivity index is 1.60. The zero-order chi connectivity index (χ0) is 17.4. The van der Waals surface area contributed by atoms with Gasteiger partial charge in [-0.15, -0.1) is 11.3 Å². The highest BCUT2D eigenvalue weighted by Gasteiger charge is 2.31. The lowest BCUT2D eigenvalue weighted by atomic mass is 9.85. The van der Waals surface area contributed by atoms with Crippen LogP contribution in [0.2, 0.25) is 5.02 Å². The second-order valence-corrected chi connectivity index (χ2v) is 7.90. The minimum Gasteiger partial charge on any atom is -0.398 e. The van der Waals surface area contributed by atoms with Gasteiger partial charge in [-0.25, -0.2) is 4.98 Å². The Hall–Kier alpha value is -1.85. The van der Waals surface area contributed by atoms with Crippen molar-refractivity contribution >= 4 is 34.5 Å². The van der Waals surface area contributed by atoms with Crippen molar-refractivity contribution in [3.63, 3.8) is 0 Å². The van der Waals surface area contributed by atoms with Crippen molar-refractivity contribution < 1.29 is 4.79 Å². The monoisotopic (exact) mass is 373 g/mol. The number of fused-ring (bicyclic) bond motifs is 1. The van der Waals surface area contributed by atoms with Gasteiger partial charge >= 0.3 is 0 Å². The molecule has 0 saturated carbocycles. The summed E-state index contributed by atoms with van der Waals surface area (Å²) in [6.45, 7) is 0.794. The molecule has 1 amide bonds. The molecule has 0 spiro atoms. The van der Waals surface area contributed by atoms with Crippen molar-refractivity contribution in [2.45, 2.75) is 32.1 Å². The summed E-state index contributed by atoms with van der Waals surface area (Å²) < 4.78 is 0. The van der Waals surface area contributed by atoms with E-state index >= 15 is 0 Å². The summed E-state index contributed by atoms with van der Waals surface area (Å²) in [5, 5.41) is 3.16. The molecule has 130 valence electrons. The first-order valence-corrected chi connectivity index (χ1v) is 9.92. The van der Waals surface area contributed by atoms with Crippen LogP contribution in [0, 0.1) is 5.92 Å². The first kappa shape index (κ1) is 16.6. The van der Waals surface area contributed by atoms with Gasteiger partial charge in [0.2, 0.25) is 0 Å². The van der Waals surface area contributed by atoms with Gasteiger partial charge in [-0.2, -0.15) is 0 Å². The number of anilines is 1. The minimum absolute atomic E-state index is 0.0160. The quantitative estimate of drug-likeness (QED) is 0.756. The Bertz CT molecular complexity index is 845. The van der Waals surface area contributed by atoms with Crippen molar-refractivity contribution in [1.82, 2.24) is 9.88 Å². The zero-order valence-electron chi connectivity index (χ0n) is 13.9. The van der Waals surface area contributed by atoms with E-state index in [1.807, 2.05) is 16.3 Å². The Morgan fingerprint density at radius 3 is 3.00 bits per heavy atom. The number of piperidine rings is 1. The third-order valence-electron chi connectivity index (χ3n) is 4.99. The molecule has 1 aliphatic heterocycles. The summed E-state index contributed by atoms with van der Waals surface area (Å²) in [5.41, 5.74) is 9.02. The number of nitrogens with two attached hydrogens (primary N) is 1. The molecule has 1 aliphatic carbocycles. The van der Waals surface area contributed by atoms with Gasteiger partial charge in [-0.1, -0.05) is 23.7 Å². The summed E-state index contributed by atoms with van der Waals surface area (Å²) in [4.78, 5) is 19.5. The number of thiazole rings is 1. The molecule has 2 N–H and O–H groups in total. The average Bonchev–Trinajstić information content (AvgIpc) is 3.13. The minimum atomic E-state index is 0.0160. The Morgan fingerprint density at radius 1 is 1.32 bits per heavy atom. The molecule has 1 atom stereocenters. The number of carbonyl (C=O) groups is 1. The van der Waals surface area contributed by atoms with Crippen LogP contribution in [0.25, 0.3) is 10.6 Å². The smallest absolute Gasteiger partial charge is 0.277 e. The molecule has 6 heteroatoms. The van der Waals surface area contributed by atoms with Gasteiger partial charge in [-0.3, -0.25) is 4.79 Å². The number of aromatic nitrogens is 1. The predicted octanol–water partition coefficient (Wildman–Crippen LogP) is 4.97. The van der Waals surface area contributed by atoms with Crippen LogP contribution in [0.1, 0.15) is 42.6 Å². The average molecular weight is 374 g/mol. The number of carbonyl (C=O) groups excluding carboxylic acids is 1. The fourth-order valence-corrected chi connectivity index (χ4v) is 4.62. The number of hydrogen-bond acceptors (Lipinski definition) is 4. The van der Waals surface area contributed by atoms with Gasteiger partial charge in [-0.05, 0) is 50.2 Å². The summed E-state index contributed by atoms with van der Waals surface area (Å²) >= 11 is 7.44. The fourth-order valence-electron chi connectivity index (χ4n) is 3.71. The first-order valence-electron chi connectivity index (χ1n) is 8.66. The summed E-state index contributed by atoms with van der Waals surface area (Å²) in [6.07, 6.45) is 8.01. The van der Waals surface area contributed by atoms with E-state index in [0.29, 0.717) is 22.3 Å². The molecule has 2 aromatic rings. The van der Waals surface area contributed by atoms with Crippen LogP contribution in [0.5, 0.6) is 0 Å². The number of hydrogen-bond donors (Lipinski definition) is 1. The van der Waals surface area contributed by atoms with Crippen molar-refractivity contribution in [1.29, 1.82) is 0 Å². The molecule has 0 radical (unpaired) electrons. The second kappa shape index (κ2) is 6.81. The van der Waals surface area contributed by atoms with Crippen LogP contribution in [0.3, 0.4) is 0 Å². The molecule has 1 saturated heterocycles. The van der Waals surface area contributed by atoms with E-state index in [-0.39, 0.29) is 5.91 Å². The SMILES string of the molecule is Nc1cc(-c2nc(C(=O)N3CCCC4CCCC=C43)cs2)ccc1Cl. The van der Waals surface area contributed by atoms with E-state index in [1.165, 1.54) is 36.3 Å².